The fourth-order valence-electron chi connectivity index (χ4n) is 0.734. The van der Waals surface area contributed by atoms with E-state index >= 15 is 0 Å². The smallest absolute Gasteiger partial charge is 0.198 e. The van der Waals surface area contributed by atoms with Crippen molar-refractivity contribution in [3.63, 3.8) is 0 Å². The molecule has 0 aliphatic carbocycles. The summed E-state index contributed by atoms with van der Waals surface area (Å²) in [4.78, 5) is 8.26. The van der Waals surface area contributed by atoms with E-state index in [1.54, 1.807) is 0 Å². The summed E-state index contributed by atoms with van der Waals surface area (Å²) in [6.45, 7) is 3.89. The molecule has 0 aliphatic rings. The molecule has 2 nitrogen and oxygen atoms in total. The Kier molecular flexibility index (Phi) is 2.56. The van der Waals surface area contributed by atoms with Crippen molar-refractivity contribution < 1.29 is 0 Å². The van der Waals surface area contributed by atoms with Gasteiger partial charge in [0.15, 0.2) is 5.16 Å². The van der Waals surface area contributed by atoms with E-state index in [0.717, 1.165) is 16.5 Å². The summed E-state index contributed by atoms with van der Waals surface area (Å²) in [7, 11) is 1.27. The highest BCUT2D eigenvalue weighted by molar-refractivity contribution is 8.68. The second-order valence-electron chi connectivity index (χ2n) is 2.02. The minimum Gasteiger partial charge on any atom is -0.227 e. The Morgan fingerprint density at radius 1 is 1.30 bits per heavy atom. The molecule has 54 valence electrons. The van der Waals surface area contributed by atoms with Crippen LogP contribution in [0.2, 0.25) is 0 Å². The molecule has 0 spiro atoms. The molecule has 0 fully saturated rings. The average molecular weight is 172 g/mol. The Morgan fingerprint density at radius 2 is 1.80 bits per heavy atom. The molecule has 0 aromatic carbocycles. The average Bonchev–Trinajstić information content (AvgIpc) is 1.85. The summed E-state index contributed by atoms with van der Waals surface area (Å²) in [5.41, 5.74) is 1.98. The van der Waals surface area contributed by atoms with Crippen LogP contribution in [0.25, 0.3) is 0 Å². The van der Waals surface area contributed by atoms with Crippen LogP contribution in [-0.4, -0.2) is 9.97 Å². The van der Waals surface area contributed by atoms with Crippen LogP contribution in [0, 0.1) is 13.8 Å². The molecule has 0 radical (unpaired) electrons. The van der Waals surface area contributed by atoms with Crippen LogP contribution in [0.4, 0.5) is 0 Å². The first kappa shape index (κ1) is 7.88. The van der Waals surface area contributed by atoms with Crippen molar-refractivity contribution in [1.82, 2.24) is 9.97 Å². The number of nitrogens with zero attached hydrogens (tertiary/aromatic N) is 2. The fraction of sp³-hybridized carbons (Fsp3) is 0.333. The number of rotatable bonds is 1. The Balaban J connectivity index is 3.06. The summed E-state index contributed by atoms with van der Waals surface area (Å²) in [6, 6.07) is 1.94. The highest BCUT2D eigenvalue weighted by Gasteiger charge is 1.95. The normalized spacial score (nSPS) is 9.90. The van der Waals surface area contributed by atoms with Crippen LogP contribution < -0.4 is 0 Å². The molecule has 0 unspecified atom stereocenters. The zero-order valence-corrected chi connectivity index (χ0v) is 7.54. The molecule has 10 heavy (non-hydrogen) atoms. The Bertz CT molecular complexity index is 217. The summed E-state index contributed by atoms with van der Waals surface area (Å²) in [6.07, 6.45) is 0. The molecule has 4 heteroatoms. The molecule has 0 saturated carbocycles. The van der Waals surface area contributed by atoms with Crippen LogP contribution in [0.1, 0.15) is 11.4 Å². The number of aryl methyl sites for hydroxylation is 2. The third-order valence-corrected chi connectivity index (χ3v) is 1.88. The SMILES string of the molecule is Cc1cc(C)nc(SS)n1. The summed E-state index contributed by atoms with van der Waals surface area (Å²) < 4.78 is 0. The van der Waals surface area contributed by atoms with E-state index in [1.165, 1.54) is 10.8 Å². The van der Waals surface area contributed by atoms with Gasteiger partial charge in [0.1, 0.15) is 0 Å². The predicted octanol–water partition coefficient (Wildman–Crippen LogP) is 2.03. The largest absolute Gasteiger partial charge is 0.227 e. The van der Waals surface area contributed by atoms with Gasteiger partial charge in [-0.2, -0.15) is 0 Å². The lowest BCUT2D eigenvalue weighted by molar-refractivity contribution is 0.907. The topological polar surface area (TPSA) is 25.8 Å². The Morgan fingerprint density at radius 3 is 2.20 bits per heavy atom. The third-order valence-electron chi connectivity index (χ3n) is 1.04. The minimum absolute atomic E-state index is 0.723. The maximum Gasteiger partial charge on any atom is 0.198 e. The van der Waals surface area contributed by atoms with Gasteiger partial charge >= 0.3 is 0 Å². The molecule has 1 rings (SSSR count). The van der Waals surface area contributed by atoms with Gasteiger partial charge in [-0.1, -0.05) is 0 Å². The van der Waals surface area contributed by atoms with E-state index < -0.39 is 0 Å². The monoisotopic (exact) mass is 172 g/mol. The molecule has 1 aromatic heterocycles. The zero-order chi connectivity index (χ0) is 7.56. The van der Waals surface area contributed by atoms with Gasteiger partial charge in [-0.25, -0.2) is 9.97 Å². The molecule has 0 amide bonds. The number of hydrogen-bond donors (Lipinski definition) is 1. The highest BCUT2D eigenvalue weighted by atomic mass is 33.1. The highest BCUT2D eigenvalue weighted by Crippen LogP contribution is 2.16. The predicted molar refractivity (Wildman–Crippen MR) is 46.3 cm³/mol. The van der Waals surface area contributed by atoms with Crippen molar-refractivity contribution in [2.45, 2.75) is 19.0 Å². The Hall–Kier alpha value is -0.220. The summed E-state index contributed by atoms with van der Waals surface area (Å²) >= 11 is 4.00. The van der Waals surface area contributed by atoms with Gasteiger partial charge in [0.2, 0.25) is 0 Å². The lowest BCUT2D eigenvalue weighted by atomic mass is 10.4. The molecule has 0 N–H and O–H groups in total. The van der Waals surface area contributed by atoms with Crippen LogP contribution in [0.5, 0.6) is 0 Å². The number of thiol groups is 1. The maximum absolute atomic E-state index is 4.13. The lowest BCUT2D eigenvalue weighted by Gasteiger charge is -1.97. The van der Waals surface area contributed by atoms with E-state index in [4.69, 9.17) is 0 Å². The van der Waals surface area contributed by atoms with Crippen molar-refractivity contribution in [2.75, 3.05) is 0 Å². The van der Waals surface area contributed by atoms with Crippen molar-refractivity contribution >= 4 is 22.5 Å². The van der Waals surface area contributed by atoms with Crippen LogP contribution in [-0.2, 0) is 0 Å². The van der Waals surface area contributed by atoms with Crippen molar-refractivity contribution in [3.8, 4) is 0 Å². The van der Waals surface area contributed by atoms with Crippen molar-refractivity contribution in [3.05, 3.63) is 17.5 Å². The minimum atomic E-state index is 0.723. The molecule has 0 atom stereocenters. The number of aromatic nitrogens is 2. The van der Waals surface area contributed by atoms with Crippen LogP contribution in [0.15, 0.2) is 11.2 Å². The molecule has 1 heterocycles. The van der Waals surface area contributed by atoms with Gasteiger partial charge in [-0.3, -0.25) is 0 Å². The molecule has 0 bridgehead atoms. The molecule has 1 aromatic rings. The quantitative estimate of drug-likeness (QED) is 0.399. The van der Waals surface area contributed by atoms with Crippen LogP contribution >= 0.6 is 22.5 Å². The fourth-order valence-corrected chi connectivity index (χ4v) is 1.35. The lowest BCUT2D eigenvalue weighted by Crippen LogP contribution is -1.90. The standard InChI is InChI=1S/C6H8N2S2/c1-4-3-5(2)8-6(7-4)10-9/h3,9H,1-2H3. The molecular weight excluding hydrogens is 164 g/mol. The Labute approximate surface area is 69.3 Å². The van der Waals surface area contributed by atoms with Gasteiger partial charge in [0.05, 0.1) is 0 Å². The van der Waals surface area contributed by atoms with Gasteiger partial charge in [-0.05, 0) is 30.7 Å². The van der Waals surface area contributed by atoms with E-state index in [-0.39, 0.29) is 0 Å². The number of hydrogen-bond acceptors (Lipinski definition) is 4. The van der Waals surface area contributed by atoms with Gasteiger partial charge < -0.3 is 0 Å². The van der Waals surface area contributed by atoms with Gasteiger partial charge in [-0.15, -0.1) is 11.7 Å². The van der Waals surface area contributed by atoms with E-state index in [2.05, 4.69) is 21.6 Å². The first-order chi connectivity index (χ1) is 4.72. The van der Waals surface area contributed by atoms with Gasteiger partial charge in [0, 0.05) is 11.4 Å². The maximum atomic E-state index is 4.13. The molecular formula is C6H8N2S2. The second kappa shape index (κ2) is 3.25. The summed E-state index contributed by atoms with van der Waals surface area (Å²) in [5.74, 6) is 0. The molecule has 0 aliphatic heterocycles. The van der Waals surface area contributed by atoms with E-state index in [1.807, 2.05) is 19.9 Å². The van der Waals surface area contributed by atoms with Crippen LogP contribution in [0.3, 0.4) is 0 Å². The van der Waals surface area contributed by atoms with E-state index in [0.29, 0.717) is 0 Å². The van der Waals surface area contributed by atoms with Crippen molar-refractivity contribution in [2.24, 2.45) is 0 Å². The van der Waals surface area contributed by atoms with Crippen molar-refractivity contribution in [1.29, 1.82) is 0 Å². The van der Waals surface area contributed by atoms with E-state index in [9.17, 15) is 0 Å². The third kappa shape index (κ3) is 1.88. The zero-order valence-electron chi connectivity index (χ0n) is 5.83. The summed E-state index contributed by atoms with van der Waals surface area (Å²) in [5, 5.41) is 0.723. The first-order valence-electron chi connectivity index (χ1n) is 2.86. The second-order valence-corrected chi connectivity index (χ2v) is 3.12. The first-order valence-corrected chi connectivity index (χ1v) is 4.73. The molecule has 0 saturated heterocycles. The van der Waals surface area contributed by atoms with Gasteiger partial charge in [0.25, 0.3) is 0 Å².